The lowest BCUT2D eigenvalue weighted by Gasteiger charge is -2.30. The molecule has 138 valence electrons. The Labute approximate surface area is 160 Å². The molecule has 4 heterocycles. The van der Waals surface area contributed by atoms with Gasteiger partial charge in [-0.3, -0.25) is 4.79 Å². The summed E-state index contributed by atoms with van der Waals surface area (Å²) in [5.74, 6) is 0.725. The molecule has 0 N–H and O–H groups in total. The van der Waals surface area contributed by atoms with Crippen LogP contribution >= 0.6 is 11.7 Å². The van der Waals surface area contributed by atoms with E-state index in [1.165, 1.54) is 0 Å². The van der Waals surface area contributed by atoms with E-state index in [9.17, 15) is 4.79 Å². The molecule has 2 aliphatic rings. The number of carbonyl (C=O) groups excluding carboxylic acids is 1. The highest BCUT2D eigenvalue weighted by molar-refractivity contribution is 7.00. The molecule has 0 radical (unpaired) electrons. The van der Waals surface area contributed by atoms with Crippen LogP contribution in [0.15, 0.2) is 24.4 Å². The van der Waals surface area contributed by atoms with E-state index in [1.807, 2.05) is 29.3 Å². The molecule has 1 aromatic carbocycles. The van der Waals surface area contributed by atoms with Crippen LogP contribution in [-0.2, 0) is 17.7 Å². The van der Waals surface area contributed by atoms with E-state index in [0.717, 1.165) is 59.5 Å². The Morgan fingerprint density at radius 1 is 1.11 bits per heavy atom. The number of hydrogen-bond donors (Lipinski definition) is 0. The second-order valence-electron chi connectivity index (χ2n) is 6.69. The summed E-state index contributed by atoms with van der Waals surface area (Å²) < 4.78 is 13.8. The van der Waals surface area contributed by atoms with Crippen LogP contribution in [0.3, 0.4) is 0 Å². The van der Waals surface area contributed by atoms with Gasteiger partial charge in [0.1, 0.15) is 11.0 Å². The van der Waals surface area contributed by atoms with Gasteiger partial charge in [0, 0.05) is 31.4 Å². The molecule has 1 amide bonds. The highest BCUT2D eigenvalue weighted by Gasteiger charge is 2.25. The van der Waals surface area contributed by atoms with Gasteiger partial charge in [0.2, 0.25) is 5.95 Å². The number of anilines is 1. The van der Waals surface area contributed by atoms with Crippen molar-refractivity contribution >= 4 is 34.6 Å². The van der Waals surface area contributed by atoms with Crippen LogP contribution in [0.2, 0.25) is 0 Å². The average Bonchev–Trinajstić information content (AvgIpc) is 3.21. The molecular formula is C18H18N6O2S. The zero-order valence-corrected chi connectivity index (χ0v) is 15.5. The number of benzene rings is 1. The third-order valence-electron chi connectivity index (χ3n) is 5.02. The Morgan fingerprint density at radius 3 is 2.85 bits per heavy atom. The number of ether oxygens (including phenoxy) is 1. The number of aromatic nitrogens is 4. The first-order valence-electron chi connectivity index (χ1n) is 8.97. The van der Waals surface area contributed by atoms with Crippen LogP contribution in [-0.4, -0.2) is 62.4 Å². The summed E-state index contributed by atoms with van der Waals surface area (Å²) in [5.41, 5.74) is 4.28. The lowest BCUT2D eigenvalue weighted by Crippen LogP contribution is -2.39. The number of nitrogens with zero attached hydrogens (tertiary/aromatic N) is 6. The minimum atomic E-state index is 0.00193. The van der Waals surface area contributed by atoms with Crippen molar-refractivity contribution in [3.05, 3.63) is 41.2 Å². The molecule has 27 heavy (non-hydrogen) atoms. The van der Waals surface area contributed by atoms with E-state index in [1.54, 1.807) is 0 Å². The summed E-state index contributed by atoms with van der Waals surface area (Å²) >= 11 is 1.16. The largest absolute Gasteiger partial charge is 0.378 e. The zero-order chi connectivity index (χ0) is 18.2. The van der Waals surface area contributed by atoms with Gasteiger partial charge >= 0.3 is 0 Å². The molecule has 2 aliphatic heterocycles. The van der Waals surface area contributed by atoms with Crippen molar-refractivity contribution in [2.45, 2.75) is 13.0 Å². The lowest BCUT2D eigenvalue weighted by molar-refractivity contribution is 0.0732. The van der Waals surface area contributed by atoms with Crippen molar-refractivity contribution in [3.8, 4) is 0 Å². The average molecular weight is 382 g/mol. The summed E-state index contributed by atoms with van der Waals surface area (Å²) in [4.78, 5) is 26.2. The fourth-order valence-electron chi connectivity index (χ4n) is 3.48. The SMILES string of the molecule is O=C(c1ccc2nsnc2c1)N1CCc2cnc(N3CCOCC3)nc2C1. The summed E-state index contributed by atoms with van der Waals surface area (Å²) in [6.45, 7) is 4.14. The molecule has 3 aromatic rings. The fraction of sp³-hybridized carbons (Fsp3) is 0.389. The first kappa shape index (κ1) is 16.5. The Balaban J connectivity index is 1.38. The molecule has 0 unspecified atom stereocenters. The first-order valence-corrected chi connectivity index (χ1v) is 9.70. The summed E-state index contributed by atoms with van der Waals surface area (Å²) in [6.07, 6.45) is 2.67. The molecule has 5 rings (SSSR count). The van der Waals surface area contributed by atoms with Crippen LogP contribution in [0.4, 0.5) is 5.95 Å². The summed E-state index contributed by atoms with van der Waals surface area (Å²) in [5, 5.41) is 0. The van der Waals surface area contributed by atoms with Gasteiger partial charge in [0.05, 0.1) is 37.2 Å². The van der Waals surface area contributed by atoms with Gasteiger partial charge in [-0.25, -0.2) is 9.97 Å². The maximum Gasteiger partial charge on any atom is 0.254 e. The van der Waals surface area contributed by atoms with Gasteiger partial charge < -0.3 is 14.5 Å². The third-order valence-corrected chi connectivity index (χ3v) is 5.57. The van der Waals surface area contributed by atoms with E-state index in [-0.39, 0.29) is 5.91 Å². The van der Waals surface area contributed by atoms with Crippen LogP contribution in [0.1, 0.15) is 21.6 Å². The molecule has 0 atom stereocenters. The van der Waals surface area contributed by atoms with Gasteiger partial charge in [-0.1, -0.05) is 0 Å². The number of hydrogen-bond acceptors (Lipinski definition) is 8. The molecule has 0 saturated carbocycles. The monoisotopic (exact) mass is 382 g/mol. The van der Waals surface area contributed by atoms with E-state index < -0.39 is 0 Å². The van der Waals surface area contributed by atoms with Gasteiger partial charge in [-0.05, 0) is 30.2 Å². The maximum atomic E-state index is 13.0. The quantitative estimate of drug-likeness (QED) is 0.664. The van der Waals surface area contributed by atoms with Crippen molar-refractivity contribution in [1.82, 2.24) is 23.6 Å². The predicted molar refractivity (Wildman–Crippen MR) is 101 cm³/mol. The Morgan fingerprint density at radius 2 is 1.96 bits per heavy atom. The lowest BCUT2D eigenvalue weighted by atomic mass is 10.1. The van der Waals surface area contributed by atoms with Crippen molar-refractivity contribution in [2.24, 2.45) is 0 Å². The summed E-state index contributed by atoms with van der Waals surface area (Å²) in [7, 11) is 0. The third kappa shape index (κ3) is 3.13. The predicted octanol–water partition coefficient (Wildman–Crippen LogP) is 1.52. The van der Waals surface area contributed by atoms with Crippen molar-refractivity contribution in [2.75, 3.05) is 37.7 Å². The van der Waals surface area contributed by atoms with Crippen LogP contribution in [0.5, 0.6) is 0 Å². The van der Waals surface area contributed by atoms with Crippen LogP contribution in [0, 0.1) is 0 Å². The second-order valence-corrected chi connectivity index (χ2v) is 7.21. The minimum Gasteiger partial charge on any atom is -0.378 e. The molecule has 2 aromatic heterocycles. The molecule has 0 spiro atoms. The van der Waals surface area contributed by atoms with E-state index in [2.05, 4.69) is 18.6 Å². The van der Waals surface area contributed by atoms with E-state index >= 15 is 0 Å². The van der Waals surface area contributed by atoms with Crippen LogP contribution in [0.25, 0.3) is 11.0 Å². The molecule has 0 bridgehead atoms. The van der Waals surface area contributed by atoms with Gasteiger partial charge in [0.15, 0.2) is 0 Å². The fourth-order valence-corrected chi connectivity index (χ4v) is 4.00. The minimum absolute atomic E-state index is 0.00193. The van der Waals surface area contributed by atoms with Gasteiger partial charge in [-0.2, -0.15) is 8.75 Å². The highest BCUT2D eigenvalue weighted by Crippen LogP contribution is 2.22. The van der Waals surface area contributed by atoms with Crippen molar-refractivity contribution < 1.29 is 9.53 Å². The molecule has 9 heteroatoms. The molecular weight excluding hydrogens is 364 g/mol. The topological polar surface area (TPSA) is 84.3 Å². The second kappa shape index (κ2) is 6.82. The number of morpholine rings is 1. The zero-order valence-electron chi connectivity index (χ0n) is 14.7. The Bertz CT molecular complexity index is 1000. The Kier molecular flexibility index (Phi) is 4.17. The first-order chi connectivity index (χ1) is 13.3. The van der Waals surface area contributed by atoms with Gasteiger partial charge in [0.25, 0.3) is 5.91 Å². The standard InChI is InChI=1S/C18H18N6O2S/c25-17(12-1-2-14-15(9-12)22-27-21-14)24-4-3-13-10-19-18(20-16(13)11-24)23-5-7-26-8-6-23/h1-2,9-10H,3-8,11H2. The Hall–Kier alpha value is -2.65. The number of amides is 1. The molecule has 0 aliphatic carbocycles. The number of carbonyl (C=O) groups is 1. The van der Waals surface area contributed by atoms with Gasteiger partial charge in [-0.15, -0.1) is 0 Å². The van der Waals surface area contributed by atoms with E-state index in [4.69, 9.17) is 9.72 Å². The molecule has 1 fully saturated rings. The van der Waals surface area contributed by atoms with E-state index in [0.29, 0.717) is 31.9 Å². The maximum absolute atomic E-state index is 13.0. The molecule has 1 saturated heterocycles. The highest BCUT2D eigenvalue weighted by atomic mass is 32.1. The molecule has 8 nitrogen and oxygen atoms in total. The van der Waals surface area contributed by atoms with Crippen molar-refractivity contribution in [1.29, 1.82) is 0 Å². The number of rotatable bonds is 2. The number of fused-ring (bicyclic) bond motifs is 2. The van der Waals surface area contributed by atoms with Crippen LogP contribution < -0.4 is 4.90 Å². The summed E-state index contributed by atoms with van der Waals surface area (Å²) in [6, 6.07) is 5.49. The smallest absolute Gasteiger partial charge is 0.254 e. The van der Waals surface area contributed by atoms with Crippen molar-refractivity contribution in [3.63, 3.8) is 0 Å². The normalized spacial score (nSPS) is 17.2.